The van der Waals surface area contributed by atoms with E-state index in [9.17, 15) is 0 Å². The molecule has 8 heteroatoms. The molecule has 0 saturated carbocycles. The van der Waals surface area contributed by atoms with Crippen LogP contribution < -0.4 is 31.9 Å². The van der Waals surface area contributed by atoms with Gasteiger partial charge in [-0.3, -0.25) is 10.3 Å². The number of rotatable bonds is 0. The molecule has 0 aromatic carbocycles. The second-order valence-electron chi connectivity index (χ2n) is 5.09. The van der Waals surface area contributed by atoms with E-state index in [0.717, 1.165) is 78.8 Å². The highest BCUT2D eigenvalue weighted by Crippen LogP contribution is 1.76. The summed E-state index contributed by atoms with van der Waals surface area (Å²) in [7, 11) is 0. The van der Waals surface area contributed by atoms with Gasteiger partial charge < -0.3 is 31.3 Å². The van der Waals surface area contributed by atoms with Crippen molar-refractivity contribution in [2.24, 2.45) is 4.99 Å². The van der Waals surface area contributed by atoms with Gasteiger partial charge in [-0.25, -0.2) is 0 Å². The third kappa shape index (κ3) is 15.5. The molecule has 4 heterocycles. The molecule has 0 unspecified atom stereocenters. The Hall–Kier alpha value is -1.19. The monoisotopic (exact) mass is 327 g/mol. The van der Waals surface area contributed by atoms with Crippen LogP contribution in [0.2, 0.25) is 0 Å². The van der Waals surface area contributed by atoms with Crippen molar-refractivity contribution < 1.29 is 4.74 Å². The number of hydrogen-bond donors (Lipinski definition) is 6. The topological polar surface area (TPSA) is 93.8 Å². The van der Waals surface area contributed by atoms with E-state index in [0.29, 0.717) is 0 Å². The number of hydrogen-bond acceptors (Lipinski definition) is 8. The molecule has 0 amide bonds. The maximum Gasteiger partial charge on any atom is 0.0825 e. The Bertz CT molecular complexity index is 243. The van der Waals surface area contributed by atoms with E-state index < -0.39 is 0 Å². The van der Waals surface area contributed by atoms with Gasteiger partial charge in [0.1, 0.15) is 0 Å². The van der Waals surface area contributed by atoms with Crippen LogP contribution in [0.3, 0.4) is 0 Å². The highest BCUT2D eigenvalue weighted by atomic mass is 16.5. The highest BCUT2D eigenvalue weighted by Gasteiger charge is 1.93. The average Bonchev–Trinajstić information content (AvgIpc) is 3.27. The van der Waals surface area contributed by atoms with Crippen molar-refractivity contribution in [3.63, 3.8) is 0 Å². The summed E-state index contributed by atoms with van der Waals surface area (Å²) >= 11 is 0. The van der Waals surface area contributed by atoms with Crippen LogP contribution in [0.25, 0.3) is 0 Å². The summed E-state index contributed by atoms with van der Waals surface area (Å²) in [5.41, 5.74) is 0. The minimum atomic E-state index is 0.889. The maximum atomic E-state index is 5.01. The fraction of sp³-hybridized carbons (Fsp3) is 0.800. The van der Waals surface area contributed by atoms with Gasteiger partial charge >= 0.3 is 0 Å². The Morgan fingerprint density at radius 3 is 1.61 bits per heavy atom. The normalized spacial score (nSPS) is 21.9. The number of ether oxygens (including phenoxy) is 1. The molecule has 0 aromatic heterocycles. The van der Waals surface area contributed by atoms with Crippen LogP contribution in [0.4, 0.5) is 0 Å². The molecule has 0 spiro atoms. The van der Waals surface area contributed by atoms with Gasteiger partial charge in [0.05, 0.1) is 32.8 Å². The molecule has 2 saturated heterocycles. The van der Waals surface area contributed by atoms with Crippen molar-refractivity contribution in [3.05, 3.63) is 12.3 Å². The Morgan fingerprint density at radius 1 is 0.739 bits per heavy atom. The zero-order chi connectivity index (χ0) is 16.3. The quantitative estimate of drug-likeness (QED) is 0.308. The molecule has 4 aliphatic rings. The smallest absolute Gasteiger partial charge is 0.0825 e. The van der Waals surface area contributed by atoms with Crippen molar-refractivity contribution in [2.45, 2.75) is 0 Å². The minimum Gasteiger partial charge on any atom is -0.379 e. The molecular weight excluding hydrogens is 294 g/mol. The third-order valence-corrected chi connectivity index (χ3v) is 3.10. The Morgan fingerprint density at radius 2 is 1.43 bits per heavy atom. The molecule has 8 nitrogen and oxygen atoms in total. The Labute approximate surface area is 139 Å². The first kappa shape index (κ1) is 19.9. The van der Waals surface area contributed by atoms with E-state index in [2.05, 4.69) is 36.9 Å². The predicted molar refractivity (Wildman–Crippen MR) is 95.9 cm³/mol. The predicted octanol–water partition coefficient (Wildman–Crippen LogP) is -1.95. The molecule has 4 rings (SSSR count). The van der Waals surface area contributed by atoms with Crippen molar-refractivity contribution in [3.8, 4) is 0 Å². The zero-order valence-corrected chi connectivity index (χ0v) is 14.1. The van der Waals surface area contributed by atoms with E-state index >= 15 is 0 Å². The molecule has 0 aromatic rings. The van der Waals surface area contributed by atoms with Crippen LogP contribution in [-0.4, -0.2) is 85.1 Å². The van der Waals surface area contributed by atoms with Crippen LogP contribution in [-0.2, 0) is 4.74 Å². The molecular formula is C15H33N7O. The summed E-state index contributed by atoms with van der Waals surface area (Å²) in [6.45, 7) is 12.3. The van der Waals surface area contributed by atoms with Crippen molar-refractivity contribution in [1.29, 1.82) is 0 Å². The van der Waals surface area contributed by atoms with Gasteiger partial charge in [0.15, 0.2) is 0 Å². The van der Waals surface area contributed by atoms with Gasteiger partial charge in [-0.05, 0) is 6.20 Å². The lowest BCUT2D eigenvalue weighted by Crippen LogP contribution is -2.39. The summed E-state index contributed by atoms with van der Waals surface area (Å²) in [5, 5.41) is 18.6. The summed E-state index contributed by atoms with van der Waals surface area (Å²) < 4.78 is 5.01. The average molecular weight is 327 g/mol. The Balaban J connectivity index is 0.000000154. The lowest BCUT2D eigenvalue weighted by atomic mass is 10.4. The first-order chi connectivity index (χ1) is 11.5. The van der Waals surface area contributed by atoms with Gasteiger partial charge in [0, 0.05) is 52.4 Å². The van der Waals surface area contributed by atoms with Gasteiger partial charge in [-0.2, -0.15) is 0 Å². The van der Waals surface area contributed by atoms with E-state index in [-0.39, 0.29) is 0 Å². The van der Waals surface area contributed by atoms with E-state index in [1.54, 1.807) is 6.34 Å². The number of nitrogens with zero attached hydrogens (tertiary/aromatic N) is 1. The van der Waals surface area contributed by atoms with Crippen LogP contribution in [0.15, 0.2) is 17.3 Å². The summed E-state index contributed by atoms with van der Waals surface area (Å²) in [5.74, 6) is 0. The first-order valence-electron chi connectivity index (χ1n) is 8.51. The highest BCUT2D eigenvalue weighted by molar-refractivity contribution is 5.56. The maximum absolute atomic E-state index is 5.01. The lowest BCUT2D eigenvalue weighted by Gasteiger charge is -2.11. The van der Waals surface area contributed by atoms with Gasteiger partial charge in [0.25, 0.3) is 0 Å². The summed E-state index contributed by atoms with van der Waals surface area (Å²) in [4.78, 5) is 3.85. The second-order valence-corrected chi connectivity index (χ2v) is 5.09. The van der Waals surface area contributed by atoms with Crippen LogP contribution in [0.1, 0.15) is 0 Å². The summed E-state index contributed by atoms with van der Waals surface area (Å²) in [6.07, 6.45) is 5.74. The Kier molecular flexibility index (Phi) is 14.8. The van der Waals surface area contributed by atoms with Gasteiger partial charge in [-0.15, -0.1) is 0 Å². The standard InChI is InChI=1S/C4H10N2.C4H8N2.C4H9NO.C3H6N2/c1-2-6-4-3-5-1;1-2-5-4-6-3-1;1-3-6-4-2-5-1;1-2-5-3-4-1/h5-6H,1-4H2;1-2,5-6H,3-4H2;5H,1-4H2;3H,1-2H2,(H,4,5). The van der Waals surface area contributed by atoms with Crippen molar-refractivity contribution in [1.82, 2.24) is 31.9 Å². The van der Waals surface area contributed by atoms with Gasteiger partial charge in [0.2, 0.25) is 0 Å². The van der Waals surface area contributed by atoms with E-state index in [1.165, 1.54) is 0 Å². The number of nitrogens with one attached hydrogen (secondary N) is 6. The van der Waals surface area contributed by atoms with Gasteiger partial charge in [-0.1, -0.05) is 6.08 Å². The van der Waals surface area contributed by atoms with Crippen molar-refractivity contribution in [2.75, 3.05) is 78.8 Å². The lowest BCUT2D eigenvalue weighted by molar-refractivity contribution is 0.109. The molecule has 0 atom stereocenters. The fourth-order valence-corrected chi connectivity index (χ4v) is 1.87. The molecule has 6 N–H and O–H groups in total. The SMILES string of the molecule is C1=CNCNC1.C1=NCCN1.C1CNCCN1.C1COCCN1. The third-order valence-electron chi connectivity index (χ3n) is 3.10. The molecule has 0 bridgehead atoms. The van der Waals surface area contributed by atoms with E-state index in [4.69, 9.17) is 4.74 Å². The molecule has 4 aliphatic heterocycles. The van der Waals surface area contributed by atoms with E-state index in [1.807, 2.05) is 12.3 Å². The summed E-state index contributed by atoms with van der Waals surface area (Å²) in [6, 6.07) is 0. The molecule has 0 aliphatic carbocycles. The first-order valence-corrected chi connectivity index (χ1v) is 8.51. The number of morpholine rings is 1. The van der Waals surface area contributed by atoms with Crippen LogP contribution in [0.5, 0.6) is 0 Å². The molecule has 2 fully saturated rings. The fourth-order valence-electron chi connectivity index (χ4n) is 1.87. The molecule has 134 valence electrons. The van der Waals surface area contributed by atoms with Crippen LogP contribution >= 0.6 is 0 Å². The molecule has 0 radical (unpaired) electrons. The second kappa shape index (κ2) is 17.2. The molecule has 23 heavy (non-hydrogen) atoms. The van der Waals surface area contributed by atoms with Crippen LogP contribution in [0, 0.1) is 0 Å². The zero-order valence-electron chi connectivity index (χ0n) is 14.1. The minimum absolute atomic E-state index is 0.889. The van der Waals surface area contributed by atoms with Crippen molar-refractivity contribution >= 4 is 6.34 Å². The number of piperazine rings is 1. The number of aliphatic imine (C=N–C) groups is 1. The largest absolute Gasteiger partial charge is 0.379 e.